The maximum absolute atomic E-state index is 12.4. The van der Waals surface area contributed by atoms with Crippen LogP contribution < -0.4 is 5.09 Å². The largest absolute Gasteiger partial charge is 0.343 e. The first-order chi connectivity index (χ1) is 7.43. The predicted molar refractivity (Wildman–Crippen MR) is 59.2 cm³/mol. The second-order valence-electron chi connectivity index (χ2n) is 2.72. The molecule has 0 spiro atoms. The summed E-state index contributed by atoms with van der Waals surface area (Å²) < 4.78 is 34.1. The summed E-state index contributed by atoms with van der Waals surface area (Å²) in [5.41, 5.74) is 0. The van der Waals surface area contributed by atoms with Crippen molar-refractivity contribution in [2.24, 2.45) is 0 Å². The van der Waals surface area contributed by atoms with Crippen molar-refractivity contribution >= 4 is 30.9 Å². The summed E-state index contributed by atoms with van der Waals surface area (Å²) in [5, 5.41) is 2.41. The van der Waals surface area contributed by atoms with E-state index in [0.717, 1.165) is 0 Å². The normalized spacial score (nSPS) is 33.9. The zero-order chi connectivity index (χ0) is 12.2. The van der Waals surface area contributed by atoms with E-state index in [2.05, 4.69) is 5.09 Å². The number of nitrogens with one attached hydrogen (secondary N) is 1. The van der Waals surface area contributed by atoms with E-state index in [1.807, 2.05) is 0 Å². The van der Waals surface area contributed by atoms with Crippen molar-refractivity contribution in [3.8, 4) is 0 Å². The summed E-state index contributed by atoms with van der Waals surface area (Å²) in [6, 6.07) is 0. The van der Waals surface area contributed by atoms with Crippen LogP contribution in [0.3, 0.4) is 0 Å². The minimum Gasteiger partial charge on any atom is -0.306 e. The fourth-order valence-electron chi connectivity index (χ4n) is 1.13. The molecule has 1 aliphatic rings. The average molecular weight is 263 g/mol. The molecule has 1 saturated heterocycles. The van der Waals surface area contributed by atoms with E-state index in [0.29, 0.717) is 13.1 Å². The molecule has 0 radical (unpaired) electrons. The number of alkyl halides is 2. The Labute approximate surface area is 97.3 Å². The zero-order valence-corrected chi connectivity index (χ0v) is 10.1. The molecular formula is C7H15Cl2N2O2P. The molecule has 1 heterocycles. The van der Waals surface area contributed by atoms with Crippen LogP contribution >= 0.6 is 30.9 Å². The minimum atomic E-state index is -3.34. The van der Waals surface area contributed by atoms with E-state index in [9.17, 15) is 4.57 Å². The summed E-state index contributed by atoms with van der Waals surface area (Å²) in [6.07, 6.45) is 0.173. The van der Waals surface area contributed by atoms with Gasteiger partial charge in [-0.2, -0.15) is 0 Å². The first kappa shape index (κ1) is 9.88. The molecular weight excluding hydrogens is 246 g/mol. The van der Waals surface area contributed by atoms with Crippen molar-refractivity contribution in [3.63, 3.8) is 0 Å². The number of hydrogen-bond donors (Lipinski definition) is 1. The van der Waals surface area contributed by atoms with Gasteiger partial charge in [-0.05, 0) is 6.42 Å². The van der Waals surface area contributed by atoms with Crippen molar-refractivity contribution in [1.29, 1.82) is 0 Å². The molecule has 0 aromatic heterocycles. The van der Waals surface area contributed by atoms with Crippen LogP contribution in [0.1, 0.15) is 9.16 Å². The van der Waals surface area contributed by atoms with Gasteiger partial charge in [0.25, 0.3) is 0 Å². The number of rotatable bonds is 5. The van der Waals surface area contributed by atoms with Crippen LogP contribution in [0.5, 0.6) is 0 Å². The SMILES string of the molecule is [2H]C1([2H])CCOP(=O)(N(CCCl)CCCl)N1. The Morgan fingerprint density at radius 3 is 2.64 bits per heavy atom. The van der Waals surface area contributed by atoms with Crippen molar-refractivity contribution in [2.75, 3.05) is 38.0 Å². The number of nitrogens with zero attached hydrogens (tertiary/aromatic N) is 1. The van der Waals surface area contributed by atoms with Crippen LogP contribution in [0.25, 0.3) is 0 Å². The molecule has 0 aliphatic carbocycles. The van der Waals surface area contributed by atoms with Crippen molar-refractivity contribution < 1.29 is 11.8 Å². The Hall–Kier alpha value is 0.690. The van der Waals surface area contributed by atoms with E-state index >= 15 is 0 Å². The molecule has 7 heteroatoms. The lowest BCUT2D eigenvalue weighted by atomic mass is 10.5. The van der Waals surface area contributed by atoms with Gasteiger partial charge in [-0.1, -0.05) is 0 Å². The lowest BCUT2D eigenvalue weighted by molar-refractivity contribution is 0.233. The fourth-order valence-corrected chi connectivity index (χ4v) is 3.52. The smallest absolute Gasteiger partial charge is 0.306 e. The Balaban J connectivity index is 2.76. The fraction of sp³-hybridized carbons (Fsp3) is 1.00. The molecule has 1 aliphatic heterocycles. The van der Waals surface area contributed by atoms with Gasteiger partial charge in [-0.15, -0.1) is 23.2 Å². The molecule has 1 N–H and O–H groups in total. The van der Waals surface area contributed by atoms with E-state index in [4.69, 9.17) is 30.5 Å². The van der Waals surface area contributed by atoms with Gasteiger partial charge in [0.05, 0.1) is 6.61 Å². The first-order valence-electron chi connectivity index (χ1n) is 5.35. The molecule has 0 saturated carbocycles. The Kier molecular flexibility index (Phi) is 4.46. The minimum absolute atomic E-state index is 0.123. The summed E-state index contributed by atoms with van der Waals surface area (Å²) in [4.78, 5) is 0. The zero-order valence-electron chi connectivity index (χ0n) is 9.71. The standard InChI is InChI=1S/C7H15Cl2N2O2P/c8-2-5-11(6-3-9)14(12)10-4-1-7-13-14/h1-7H2,(H,10,12)/i4D2. The van der Waals surface area contributed by atoms with Gasteiger partial charge >= 0.3 is 7.67 Å². The van der Waals surface area contributed by atoms with Gasteiger partial charge in [-0.25, -0.2) is 9.76 Å². The van der Waals surface area contributed by atoms with Crippen molar-refractivity contribution in [2.45, 2.75) is 6.42 Å². The quantitative estimate of drug-likeness (QED) is 0.607. The van der Waals surface area contributed by atoms with Crippen LogP contribution in [0.2, 0.25) is 0 Å². The second-order valence-corrected chi connectivity index (χ2v) is 5.57. The van der Waals surface area contributed by atoms with Crippen molar-refractivity contribution in [1.82, 2.24) is 9.76 Å². The van der Waals surface area contributed by atoms with Crippen LogP contribution in [-0.4, -0.2) is 42.6 Å². The van der Waals surface area contributed by atoms with Gasteiger partial charge in [0.15, 0.2) is 0 Å². The Bertz CT molecular complexity index is 277. The summed E-state index contributed by atoms with van der Waals surface area (Å²) in [7, 11) is -3.34. The molecule has 0 aromatic carbocycles. The van der Waals surface area contributed by atoms with Gasteiger partial charge in [0, 0.05) is 34.1 Å². The van der Waals surface area contributed by atoms with E-state index in [1.54, 1.807) is 0 Å². The molecule has 1 atom stereocenters. The Morgan fingerprint density at radius 1 is 1.50 bits per heavy atom. The highest BCUT2D eigenvalue weighted by atomic mass is 35.5. The average Bonchev–Trinajstić information content (AvgIpc) is 2.15. The molecule has 1 rings (SSSR count). The summed E-state index contributed by atoms with van der Waals surface area (Å²) in [6.45, 7) is -0.869. The first-order valence-corrected chi connectivity index (χ1v) is 6.99. The molecule has 0 amide bonds. The second kappa shape index (κ2) is 6.31. The highest BCUT2D eigenvalue weighted by molar-refractivity contribution is 7.54. The molecule has 4 nitrogen and oxygen atoms in total. The van der Waals surface area contributed by atoms with Gasteiger partial charge in [0.2, 0.25) is 0 Å². The molecule has 0 aromatic rings. The number of halogens is 2. The topological polar surface area (TPSA) is 41.6 Å². The molecule has 14 heavy (non-hydrogen) atoms. The Morgan fingerprint density at radius 2 is 2.14 bits per heavy atom. The van der Waals surface area contributed by atoms with Crippen molar-refractivity contribution in [3.05, 3.63) is 0 Å². The monoisotopic (exact) mass is 262 g/mol. The third-order valence-corrected chi connectivity index (χ3v) is 4.23. The van der Waals surface area contributed by atoms with Crippen LogP contribution in [0.4, 0.5) is 0 Å². The van der Waals surface area contributed by atoms with Gasteiger partial charge in [-0.3, -0.25) is 4.57 Å². The van der Waals surface area contributed by atoms with Gasteiger partial charge < -0.3 is 4.52 Å². The molecule has 84 valence electrons. The van der Waals surface area contributed by atoms with E-state index in [-0.39, 0.29) is 24.8 Å². The highest BCUT2D eigenvalue weighted by Crippen LogP contribution is 2.47. The molecule has 0 bridgehead atoms. The van der Waals surface area contributed by atoms with Crippen LogP contribution in [-0.2, 0) is 9.09 Å². The molecule has 1 fully saturated rings. The van der Waals surface area contributed by atoms with Gasteiger partial charge in [0.1, 0.15) is 0 Å². The third kappa shape index (κ3) is 3.37. The summed E-state index contributed by atoms with van der Waals surface area (Å²) >= 11 is 11.2. The van der Waals surface area contributed by atoms with Crippen LogP contribution in [0, 0.1) is 0 Å². The lowest BCUT2D eigenvalue weighted by Crippen LogP contribution is -2.35. The maximum atomic E-state index is 12.4. The highest BCUT2D eigenvalue weighted by Gasteiger charge is 2.32. The number of hydrogen-bond acceptors (Lipinski definition) is 2. The van der Waals surface area contributed by atoms with Crippen LogP contribution in [0.15, 0.2) is 0 Å². The molecule has 1 unspecified atom stereocenters. The summed E-state index contributed by atoms with van der Waals surface area (Å²) in [5.74, 6) is 0.573. The third-order valence-electron chi connectivity index (χ3n) is 1.77. The maximum Gasteiger partial charge on any atom is 0.343 e. The lowest BCUT2D eigenvalue weighted by Gasteiger charge is -2.33. The van der Waals surface area contributed by atoms with E-state index in [1.165, 1.54) is 4.67 Å². The van der Waals surface area contributed by atoms with E-state index < -0.39 is 14.2 Å². The predicted octanol–water partition coefficient (Wildman–Crippen LogP) is 1.88.